The number of hydrogen-bond acceptors (Lipinski definition) is 6. The second kappa shape index (κ2) is 70.1. The van der Waals surface area contributed by atoms with Gasteiger partial charge in [-0.1, -0.05) is 327 Å². The molecule has 0 aliphatic heterocycles. The van der Waals surface area contributed by atoms with E-state index in [0.717, 1.165) is 70.6 Å². The molecule has 0 aromatic rings. The van der Waals surface area contributed by atoms with Crippen LogP contribution < -0.4 is 0 Å². The number of allylic oxidation sites excluding steroid dienone is 6. The number of hydrogen-bond donors (Lipinski definition) is 0. The third kappa shape index (κ3) is 68.3. The van der Waals surface area contributed by atoms with E-state index in [1.807, 2.05) is 0 Å². The molecule has 0 saturated heterocycles. The maximum absolute atomic E-state index is 12.9. The molecular weight excluding hydrogens is 997 g/mol. The van der Waals surface area contributed by atoms with Gasteiger partial charge in [-0.2, -0.15) is 0 Å². The first kappa shape index (κ1) is 78.6. The van der Waals surface area contributed by atoms with E-state index in [1.165, 1.54) is 295 Å². The molecule has 0 fully saturated rings. The number of esters is 3. The molecule has 6 nitrogen and oxygen atoms in total. The summed E-state index contributed by atoms with van der Waals surface area (Å²) in [6.07, 6.45) is 87.8. The fourth-order valence-electron chi connectivity index (χ4n) is 11.1. The summed E-state index contributed by atoms with van der Waals surface area (Å²) in [7, 11) is 0. The van der Waals surface area contributed by atoms with Gasteiger partial charge >= 0.3 is 17.9 Å². The zero-order valence-electron chi connectivity index (χ0n) is 54.8. The molecule has 0 radical (unpaired) electrons. The standard InChI is InChI=1S/C75H140O6/c1-4-7-10-13-16-19-22-25-27-29-30-31-32-33-34-35-36-37-38-39-40-41-42-43-44-45-46-47-49-50-53-56-59-62-65-68-74(77)80-71-72(70-79-73(76)67-64-61-58-55-52-24-21-18-15-12-9-6-3)81-75(78)69-66-63-60-57-54-51-48-28-26-23-20-17-14-11-8-5-2/h18,21,28-30,48,72H,4-17,19-20,22-27,31-47,49-71H2,1-3H3/b21-18-,30-29-,48-28-. The summed E-state index contributed by atoms with van der Waals surface area (Å²) < 4.78 is 16.9. The fourth-order valence-corrected chi connectivity index (χ4v) is 11.1. The molecule has 81 heavy (non-hydrogen) atoms. The molecule has 0 aliphatic rings. The Balaban J connectivity index is 4.04. The normalized spacial score (nSPS) is 12.2. The largest absolute Gasteiger partial charge is 0.462 e. The van der Waals surface area contributed by atoms with Crippen molar-refractivity contribution < 1.29 is 28.6 Å². The highest BCUT2D eigenvalue weighted by Crippen LogP contribution is 2.18. The Bertz CT molecular complexity index is 1350. The molecular formula is C75H140O6. The van der Waals surface area contributed by atoms with E-state index in [9.17, 15) is 14.4 Å². The van der Waals surface area contributed by atoms with Crippen LogP contribution in [0.25, 0.3) is 0 Å². The van der Waals surface area contributed by atoms with Gasteiger partial charge in [0.25, 0.3) is 0 Å². The molecule has 1 unspecified atom stereocenters. The van der Waals surface area contributed by atoms with Crippen LogP contribution in [-0.2, 0) is 28.6 Å². The summed E-state index contributed by atoms with van der Waals surface area (Å²) in [6, 6.07) is 0. The molecule has 0 rings (SSSR count). The van der Waals surface area contributed by atoms with E-state index in [1.54, 1.807) is 0 Å². The second-order valence-electron chi connectivity index (χ2n) is 24.8. The fraction of sp³-hybridized carbons (Fsp3) is 0.880. The summed E-state index contributed by atoms with van der Waals surface area (Å²) in [5, 5.41) is 0. The molecule has 0 bridgehead atoms. The van der Waals surface area contributed by atoms with E-state index in [0.29, 0.717) is 19.3 Å². The van der Waals surface area contributed by atoms with Gasteiger partial charge in [0.2, 0.25) is 0 Å². The molecule has 0 amide bonds. The minimum Gasteiger partial charge on any atom is -0.462 e. The van der Waals surface area contributed by atoms with Crippen molar-refractivity contribution in [3.8, 4) is 0 Å². The van der Waals surface area contributed by atoms with Gasteiger partial charge in [-0.3, -0.25) is 14.4 Å². The quantitative estimate of drug-likeness (QED) is 0.0261. The minimum absolute atomic E-state index is 0.0735. The number of unbranched alkanes of at least 4 members (excludes halogenated alkanes) is 51. The third-order valence-corrected chi connectivity index (χ3v) is 16.6. The van der Waals surface area contributed by atoms with Crippen molar-refractivity contribution in [1.82, 2.24) is 0 Å². The highest BCUT2D eigenvalue weighted by atomic mass is 16.6. The Kier molecular flexibility index (Phi) is 68.1. The Morgan fingerprint density at radius 3 is 0.642 bits per heavy atom. The third-order valence-electron chi connectivity index (χ3n) is 16.6. The van der Waals surface area contributed by atoms with Crippen LogP contribution in [0.4, 0.5) is 0 Å². The predicted octanol–water partition coefficient (Wildman–Crippen LogP) is 25.1. The molecule has 1 atom stereocenters. The summed E-state index contributed by atoms with van der Waals surface area (Å²) in [5.41, 5.74) is 0. The van der Waals surface area contributed by atoms with Crippen molar-refractivity contribution in [2.45, 2.75) is 412 Å². The lowest BCUT2D eigenvalue weighted by Gasteiger charge is -2.18. The molecule has 0 aromatic carbocycles. The SMILES string of the molecule is CCCCC/C=C\CCCCCCCC(=O)OCC(COC(=O)CCCCCCCCCCCCCCCCCCCCCCCCC/C=C\CCCCCCCCCC)OC(=O)CCCCCCC/C=C\CCCCCCCCC. The molecule has 476 valence electrons. The maximum Gasteiger partial charge on any atom is 0.306 e. The van der Waals surface area contributed by atoms with Gasteiger partial charge in [-0.05, 0) is 96.3 Å². The Labute approximate surface area is 506 Å². The summed E-state index contributed by atoms with van der Waals surface area (Å²) in [6.45, 7) is 6.66. The first-order valence-corrected chi connectivity index (χ1v) is 36.5. The van der Waals surface area contributed by atoms with Crippen LogP contribution in [0, 0.1) is 0 Å². The molecule has 0 N–H and O–H groups in total. The van der Waals surface area contributed by atoms with Gasteiger partial charge in [0.05, 0.1) is 0 Å². The van der Waals surface area contributed by atoms with Gasteiger partial charge in [0, 0.05) is 19.3 Å². The Morgan fingerprint density at radius 2 is 0.407 bits per heavy atom. The zero-order valence-corrected chi connectivity index (χ0v) is 54.8. The topological polar surface area (TPSA) is 78.9 Å². The lowest BCUT2D eigenvalue weighted by Crippen LogP contribution is -2.30. The van der Waals surface area contributed by atoms with Gasteiger partial charge < -0.3 is 14.2 Å². The van der Waals surface area contributed by atoms with Crippen LogP contribution in [0.15, 0.2) is 36.5 Å². The predicted molar refractivity (Wildman–Crippen MR) is 353 cm³/mol. The van der Waals surface area contributed by atoms with Crippen LogP contribution in [0.5, 0.6) is 0 Å². The van der Waals surface area contributed by atoms with Gasteiger partial charge in [0.15, 0.2) is 6.10 Å². The van der Waals surface area contributed by atoms with Crippen molar-refractivity contribution in [1.29, 1.82) is 0 Å². The number of carbonyl (C=O) groups is 3. The van der Waals surface area contributed by atoms with E-state index < -0.39 is 6.10 Å². The minimum atomic E-state index is -0.778. The lowest BCUT2D eigenvalue weighted by atomic mass is 10.0. The summed E-state index contributed by atoms with van der Waals surface area (Å²) >= 11 is 0. The van der Waals surface area contributed by atoms with Crippen LogP contribution in [0.3, 0.4) is 0 Å². The van der Waals surface area contributed by atoms with E-state index >= 15 is 0 Å². The molecule has 0 aliphatic carbocycles. The van der Waals surface area contributed by atoms with E-state index in [4.69, 9.17) is 14.2 Å². The second-order valence-corrected chi connectivity index (χ2v) is 24.8. The van der Waals surface area contributed by atoms with Gasteiger partial charge in [0.1, 0.15) is 13.2 Å². The van der Waals surface area contributed by atoms with Crippen molar-refractivity contribution in [3.63, 3.8) is 0 Å². The monoisotopic (exact) mass is 1140 g/mol. The summed E-state index contributed by atoms with van der Waals surface area (Å²) in [5.74, 6) is -0.866. The van der Waals surface area contributed by atoms with Gasteiger partial charge in [-0.25, -0.2) is 0 Å². The average Bonchev–Trinajstić information content (AvgIpc) is 3.47. The highest BCUT2D eigenvalue weighted by Gasteiger charge is 2.19. The van der Waals surface area contributed by atoms with Crippen molar-refractivity contribution in [3.05, 3.63) is 36.5 Å². The highest BCUT2D eigenvalue weighted by molar-refractivity contribution is 5.71. The molecule has 6 heteroatoms. The maximum atomic E-state index is 12.9. The van der Waals surface area contributed by atoms with E-state index in [-0.39, 0.29) is 31.1 Å². The van der Waals surface area contributed by atoms with Gasteiger partial charge in [-0.15, -0.1) is 0 Å². The molecule has 0 aromatic heterocycles. The van der Waals surface area contributed by atoms with Crippen LogP contribution in [-0.4, -0.2) is 37.2 Å². The van der Waals surface area contributed by atoms with E-state index in [2.05, 4.69) is 57.2 Å². The average molecular weight is 1140 g/mol. The van der Waals surface area contributed by atoms with Crippen LogP contribution >= 0.6 is 0 Å². The number of carbonyl (C=O) groups excluding carboxylic acids is 3. The first-order valence-electron chi connectivity index (χ1n) is 36.5. The first-order chi connectivity index (χ1) is 40.0. The number of rotatable bonds is 68. The zero-order chi connectivity index (χ0) is 58.5. The van der Waals surface area contributed by atoms with Crippen LogP contribution in [0.2, 0.25) is 0 Å². The molecule has 0 spiro atoms. The van der Waals surface area contributed by atoms with Crippen LogP contribution in [0.1, 0.15) is 406 Å². The van der Waals surface area contributed by atoms with Crippen molar-refractivity contribution >= 4 is 17.9 Å². The number of ether oxygens (including phenoxy) is 3. The molecule has 0 heterocycles. The van der Waals surface area contributed by atoms with Crippen molar-refractivity contribution in [2.24, 2.45) is 0 Å². The Hall–Kier alpha value is -2.37. The Morgan fingerprint density at radius 1 is 0.235 bits per heavy atom. The van der Waals surface area contributed by atoms with Crippen molar-refractivity contribution in [2.75, 3.05) is 13.2 Å². The lowest BCUT2D eigenvalue weighted by molar-refractivity contribution is -0.167. The molecule has 0 saturated carbocycles. The summed E-state index contributed by atoms with van der Waals surface area (Å²) in [4.78, 5) is 38.3. The smallest absolute Gasteiger partial charge is 0.306 e.